The first kappa shape index (κ1) is 29.8. The molecule has 5 rings (SSSR count). The number of amides is 2. The van der Waals surface area contributed by atoms with Crippen molar-refractivity contribution in [2.75, 3.05) is 19.0 Å². The van der Waals surface area contributed by atoms with Crippen molar-refractivity contribution in [3.05, 3.63) is 129 Å². The maximum absolute atomic E-state index is 13.5. The fourth-order valence-electron chi connectivity index (χ4n) is 4.48. The Balaban J connectivity index is 1.33. The molecule has 2 amide bonds. The summed E-state index contributed by atoms with van der Waals surface area (Å²) in [6, 6.07) is 25.5. The lowest BCUT2D eigenvalue weighted by molar-refractivity contribution is 0.0961. The van der Waals surface area contributed by atoms with Crippen LogP contribution in [0.5, 0.6) is 5.75 Å². The number of hydrogen-bond acceptors (Lipinski definition) is 5. The van der Waals surface area contributed by atoms with Gasteiger partial charge in [0.2, 0.25) is 0 Å². The number of pyridine rings is 2. The average Bonchev–Trinajstić information content (AvgIpc) is 3.03. The molecule has 9 heteroatoms. The molecule has 5 aromatic rings. The van der Waals surface area contributed by atoms with Crippen molar-refractivity contribution in [2.45, 2.75) is 13.5 Å². The second-order valence-corrected chi connectivity index (χ2v) is 10.6. The Bertz CT molecular complexity index is 1860. The Morgan fingerprint density at radius 1 is 0.907 bits per heavy atom. The number of ether oxygens (including phenoxy) is 1. The van der Waals surface area contributed by atoms with E-state index in [1.807, 2.05) is 55.5 Å². The van der Waals surface area contributed by atoms with Crippen LogP contribution < -0.4 is 15.0 Å². The van der Waals surface area contributed by atoms with E-state index < -0.39 is 0 Å². The van der Waals surface area contributed by atoms with Crippen molar-refractivity contribution in [1.82, 2.24) is 15.3 Å². The van der Waals surface area contributed by atoms with Crippen LogP contribution in [0.4, 0.5) is 5.69 Å². The second-order valence-electron chi connectivity index (χ2n) is 9.77. The van der Waals surface area contributed by atoms with Gasteiger partial charge in [0.05, 0.1) is 16.4 Å². The van der Waals surface area contributed by atoms with Crippen molar-refractivity contribution in [3.8, 4) is 5.75 Å². The van der Waals surface area contributed by atoms with Crippen molar-refractivity contribution in [2.24, 2.45) is 0 Å². The molecule has 0 atom stereocenters. The minimum atomic E-state index is -0.338. The Morgan fingerprint density at radius 3 is 2.44 bits per heavy atom. The van der Waals surface area contributed by atoms with Gasteiger partial charge in [-0.3, -0.25) is 9.59 Å². The average molecular weight is 612 g/mol. The van der Waals surface area contributed by atoms with Crippen LogP contribution in [0.1, 0.15) is 43.4 Å². The molecule has 0 saturated carbocycles. The summed E-state index contributed by atoms with van der Waals surface area (Å²) in [6.45, 7) is 2.01. The number of nitrogens with one attached hydrogen (secondary N) is 1. The van der Waals surface area contributed by atoms with Crippen LogP contribution in [0.2, 0.25) is 10.0 Å². The topological polar surface area (TPSA) is 84.4 Å². The van der Waals surface area contributed by atoms with Gasteiger partial charge in [0.15, 0.2) is 0 Å². The second kappa shape index (κ2) is 13.1. The standard InChI is InChI=1S/C34H28Cl2N4O3/c1-21-10-14-23-6-4-9-30(32(23)38-21)43-20-26-27(35)18-19-29(31(26)36)40(3)34(42)28-8-5-7-25(39-28)17-13-22-11-15-24(16-12-22)33(41)37-2/h4-19H,20H2,1-3H3,(H,37,41)/b17-13+. The number of benzene rings is 3. The van der Waals surface area contributed by atoms with Crippen molar-refractivity contribution in [3.63, 3.8) is 0 Å². The molecule has 0 spiro atoms. The highest BCUT2D eigenvalue weighted by Crippen LogP contribution is 2.35. The van der Waals surface area contributed by atoms with E-state index in [0.717, 1.165) is 22.2 Å². The third-order valence-corrected chi connectivity index (χ3v) is 7.64. The first-order valence-electron chi connectivity index (χ1n) is 13.5. The predicted molar refractivity (Wildman–Crippen MR) is 173 cm³/mol. The molecule has 2 heterocycles. The van der Waals surface area contributed by atoms with E-state index in [2.05, 4.69) is 15.3 Å². The quantitative estimate of drug-likeness (QED) is 0.195. The molecule has 0 aliphatic rings. The fraction of sp³-hybridized carbons (Fsp3) is 0.118. The minimum absolute atomic E-state index is 0.0882. The van der Waals surface area contributed by atoms with E-state index in [1.165, 1.54) is 4.90 Å². The third kappa shape index (κ3) is 6.69. The Hall–Kier alpha value is -4.72. The van der Waals surface area contributed by atoms with Crippen LogP contribution in [-0.2, 0) is 6.61 Å². The molecule has 0 bridgehead atoms. The van der Waals surface area contributed by atoms with Crippen LogP contribution in [0, 0.1) is 6.92 Å². The molecule has 7 nitrogen and oxygen atoms in total. The van der Waals surface area contributed by atoms with Crippen LogP contribution in [0.3, 0.4) is 0 Å². The van der Waals surface area contributed by atoms with Gasteiger partial charge in [0, 0.05) is 41.3 Å². The highest BCUT2D eigenvalue weighted by atomic mass is 35.5. The molecule has 0 aliphatic heterocycles. The Labute approximate surface area is 259 Å². The van der Waals surface area contributed by atoms with E-state index in [9.17, 15) is 9.59 Å². The molecule has 2 aromatic heterocycles. The van der Waals surface area contributed by atoms with Crippen LogP contribution in [0.25, 0.3) is 23.1 Å². The van der Waals surface area contributed by atoms with Crippen LogP contribution in [-0.4, -0.2) is 35.9 Å². The summed E-state index contributed by atoms with van der Waals surface area (Å²) in [4.78, 5) is 35.8. The molecule has 1 N–H and O–H groups in total. The van der Waals surface area contributed by atoms with Gasteiger partial charge < -0.3 is 15.0 Å². The molecule has 0 fully saturated rings. The minimum Gasteiger partial charge on any atom is -0.487 e. The van der Waals surface area contributed by atoms with Gasteiger partial charge in [-0.25, -0.2) is 9.97 Å². The van der Waals surface area contributed by atoms with Crippen LogP contribution in [0.15, 0.2) is 84.9 Å². The summed E-state index contributed by atoms with van der Waals surface area (Å²) in [7, 11) is 3.23. The van der Waals surface area contributed by atoms with E-state index in [1.54, 1.807) is 62.6 Å². The first-order chi connectivity index (χ1) is 20.7. The summed E-state index contributed by atoms with van der Waals surface area (Å²) < 4.78 is 6.13. The van der Waals surface area contributed by atoms with Crippen molar-refractivity contribution in [1.29, 1.82) is 0 Å². The highest BCUT2D eigenvalue weighted by molar-refractivity contribution is 6.38. The van der Waals surface area contributed by atoms with Gasteiger partial charge in [-0.15, -0.1) is 0 Å². The summed E-state index contributed by atoms with van der Waals surface area (Å²) in [5, 5.41) is 4.29. The van der Waals surface area contributed by atoms with Gasteiger partial charge in [0.25, 0.3) is 11.8 Å². The molecular weight excluding hydrogens is 583 g/mol. The summed E-state index contributed by atoms with van der Waals surface area (Å²) in [5.41, 5.74) is 4.97. The first-order valence-corrected chi connectivity index (χ1v) is 14.2. The van der Waals surface area contributed by atoms with Crippen molar-refractivity contribution < 1.29 is 14.3 Å². The SMILES string of the molecule is CNC(=O)c1ccc(/C=C/c2cccc(C(=O)N(C)c3ccc(Cl)c(COc4cccc5ccc(C)nc45)c3Cl)n2)cc1. The Kier molecular flexibility index (Phi) is 9.04. The molecule has 3 aromatic carbocycles. The number of hydrogen-bond donors (Lipinski definition) is 1. The maximum atomic E-state index is 13.5. The van der Waals surface area contributed by atoms with Gasteiger partial charge in [-0.1, -0.05) is 65.7 Å². The summed E-state index contributed by atoms with van der Waals surface area (Å²) >= 11 is 13.3. The number of halogens is 2. The van der Waals surface area contributed by atoms with E-state index >= 15 is 0 Å². The predicted octanol–water partition coefficient (Wildman–Crippen LogP) is 7.63. The number of nitrogens with zero attached hydrogens (tertiary/aromatic N) is 3. The van der Waals surface area contributed by atoms with Gasteiger partial charge in [-0.05, 0) is 67.1 Å². The van der Waals surface area contributed by atoms with Crippen molar-refractivity contribution >= 4 is 63.8 Å². The molecule has 0 aliphatic carbocycles. The molecule has 0 unspecified atom stereocenters. The largest absolute Gasteiger partial charge is 0.487 e. The zero-order valence-corrected chi connectivity index (χ0v) is 25.3. The number of anilines is 1. The number of carbonyl (C=O) groups is 2. The van der Waals surface area contributed by atoms with E-state index in [0.29, 0.717) is 38.3 Å². The lowest BCUT2D eigenvalue weighted by Crippen LogP contribution is -2.27. The highest BCUT2D eigenvalue weighted by Gasteiger charge is 2.21. The zero-order valence-electron chi connectivity index (χ0n) is 23.8. The normalized spacial score (nSPS) is 11.1. The number of para-hydroxylation sites is 1. The number of aryl methyl sites for hydroxylation is 1. The third-order valence-electron chi connectivity index (χ3n) is 6.86. The van der Waals surface area contributed by atoms with Gasteiger partial charge in [0.1, 0.15) is 23.6 Å². The summed E-state index contributed by atoms with van der Waals surface area (Å²) in [5.74, 6) is 0.125. The monoisotopic (exact) mass is 610 g/mol. The lowest BCUT2D eigenvalue weighted by Gasteiger charge is -2.21. The zero-order chi connectivity index (χ0) is 30.5. The van der Waals surface area contributed by atoms with Gasteiger partial charge >= 0.3 is 0 Å². The van der Waals surface area contributed by atoms with Crippen LogP contribution >= 0.6 is 23.2 Å². The van der Waals surface area contributed by atoms with Gasteiger partial charge in [-0.2, -0.15) is 0 Å². The number of rotatable bonds is 8. The number of carbonyl (C=O) groups excluding carboxylic acids is 2. The van der Waals surface area contributed by atoms with E-state index in [4.69, 9.17) is 27.9 Å². The molecule has 0 radical (unpaired) electrons. The maximum Gasteiger partial charge on any atom is 0.276 e. The number of fused-ring (bicyclic) bond motifs is 1. The van der Waals surface area contributed by atoms with E-state index in [-0.39, 0.29) is 24.1 Å². The molecular formula is C34H28Cl2N4O3. The number of aromatic nitrogens is 2. The molecule has 43 heavy (non-hydrogen) atoms. The molecule has 216 valence electrons. The smallest absolute Gasteiger partial charge is 0.276 e. The fourth-order valence-corrected chi connectivity index (χ4v) is 5.08. The Morgan fingerprint density at radius 2 is 1.67 bits per heavy atom. The lowest BCUT2D eigenvalue weighted by atomic mass is 10.1. The molecule has 0 saturated heterocycles. The summed E-state index contributed by atoms with van der Waals surface area (Å²) in [6.07, 6.45) is 3.67.